The van der Waals surface area contributed by atoms with Gasteiger partial charge in [-0.25, -0.2) is 0 Å². The molecule has 0 heterocycles. The Morgan fingerprint density at radius 1 is 0.641 bits per heavy atom. The van der Waals surface area contributed by atoms with Crippen LogP contribution in [0.3, 0.4) is 0 Å². The van der Waals surface area contributed by atoms with Gasteiger partial charge in [0.25, 0.3) is 0 Å². The van der Waals surface area contributed by atoms with Gasteiger partial charge in [0.1, 0.15) is 18.1 Å². The van der Waals surface area contributed by atoms with Gasteiger partial charge < -0.3 is 17.8 Å². The zero-order chi connectivity index (χ0) is 28.2. The van der Waals surface area contributed by atoms with E-state index in [1.807, 2.05) is 55.5 Å². The van der Waals surface area contributed by atoms with Crippen molar-refractivity contribution in [1.29, 1.82) is 0 Å². The van der Waals surface area contributed by atoms with Gasteiger partial charge >= 0.3 is 20.2 Å². The summed E-state index contributed by atoms with van der Waals surface area (Å²) in [7, 11) is -5.89. The van der Waals surface area contributed by atoms with Crippen LogP contribution in [0.1, 0.15) is 11.1 Å². The van der Waals surface area contributed by atoms with Crippen molar-refractivity contribution in [3.8, 4) is 45.3 Å². The molecule has 4 aromatic carbocycles. The van der Waals surface area contributed by atoms with Gasteiger partial charge in [0.2, 0.25) is 0 Å². The first kappa shape index (κ1) is 28.0. The lowest BCUT2D eigenvalue weighted by Crippen LogP contribution is -2.08. The van der Waals surface area contributed by atoms with Crippen LogP contribution in [0, 0.1) is 6.92 Å². The van der Waals surface area contributed by atoms with Crippen LogP contribution < -0.4 is 17.8 Å². The SMILES string of the molecule is COc1cc(-c2ccc(OCc3ccccc3)c(OS(C)(=O)=O)c2)c(C)cc1-c1ccc(OS(C)(=O)=O)cc1. The molecule has 0 aliphatic carbocycles. The van der Waals surface area contributed by atoms with Crippen LogP contribution in [0.2, 0.25) is 0 Å². The number of hydrogen-bond donors (Lipinski definition) is 0. The molecular weight excluding hydrogens is 540 g/mol. The highest BCUT2D eigenvalue weighted by Gasteiger charge is 2.17. The highest BCUT2D eigenvalue weighted by molar-refractivity contribution is 7.86. The van der Waals surface area contributed by atoms with Crippen molar-refractivity contribution in [2.75, 3.05) is 19.6 Å². The Kier molecular flexibility index (Phi) is 8.17. The Morgan fingerprint density at radius 3 is 1.90 bits per heavy atom. The number of aryl methyl sites for hydroxylation is 1. The Hall–Kier alpha value is -4.02. The molecule has 0 bridgehead atoms. The van der Waals surface area contributed by atoms with Crippen molar-refractivity contribution in [3.05, 3.63) is 96.1 Å². The molecule has 0 saturated heterocycles. The van der Waals surface area contributed by atoms with Gasteiger partial charge in [0, 0.05) is 5.56 Å². The van der Waals surface area contributed by atoms with E-state index in [4.69, 9.17) is 17.8 Å². The van der Waals surface area contributed by atoms with E-state index in [0.29, 0.717) is 17.1 Å². The molecule has 10 heteroatoms. The van der Waals surface area contributed by atoms with Crippen LogP contribution in [-0.2, 0) is 26.8 Å². The van der Waals surface area contributed by atoms with Crippen molar-refractivity contribution in [2.24, 2.45) is 0 Å². The zero-order valence-corrected chi connectivity index (χ0v) is 23.5. The Labute approximate surface area is 229 Å². The van der Waals surface area contributed by atoms with Crippen molar-refractivity contribution in [1.82, 2.24) is 0 Å². The van der Waals surface area contributed by atoms with E-state index in [9.17, 15) is 16.8 Å². The van der Waals surface area contributed by atoms with Crippen LogP contribution in [-0.4, -0.2) is 36.5 Å². The number of benzene rings is 4. The minimum Gasteiger partial charge on any atom is -0.496 e. The molecule has 0 fully saturated rings. The molecular formula is C29H28O8S2. The molecule has 0 radical (unpaired) electrons. The molecule has 4 rings (SSSR count). The summed E-state index contributed by atoms with van der Waals surface area (Å²) in [6.45, 7) is 2.17. The minimum atomic E-state index is -3.81. The topological polar surface area (TPSA) is 105 Å². The van der Waals surface area contributed by atoms with Crippen LogP contribution in [0.25, 0.3) is 22.3 Å². The van der Waals surface area contributed by atoms with E-state index in [2.05, 4.69) is 0 Å². The lowest BCUT2D eigenvalue weighted by atomic mass is 9.94. The summed E-state index contributed by atoms with van der Waals surface area (Å²) < 4.78 is 68.6. The summed E-state index contributed by atoms with van der Waals surface area (Å²) >= 11 is 0. The van der Waals surface area contributed by atoms with Gasteiger partial charge in [0.05, 0.1) is 19.6 Å². The van der Waals surface area contributed by atoms with E-state index in [-0.39, 0.29) is 18.1 Å². The predicted molar refractivity (Wildman–Crippen MR) is 150 cm³/mol. The maximum absolute atomic E-state index is 12.0. The van der Waals surface area contributed by atoms with E-state index in [1.54, 1.807) is 43.5 Å². The second-order valence-corrected chi connectivity index (χ2v) is 12.1. The smallest absolute Gasteiger partial charge is 0.306 e. The summed E-state index contributed by atoms with van der Waals surface area (Å²) in [4.78, 5) is 0. The van der Waals surface area contributed by atoms with Crippen LogP contribution in [0.5, 0.6) is 23.0 Å². The maximum atomic E-state index is 12.0. The summed E-state index contributed by atoms with van der Waals surface area (Å²) in [5.41, 5.74) is 4.93. The van der Waals surface area contributed by atoms with Gasteiger partial charge in [-0.2, -0.15) is 16.8 Å². The van der Waals surface area contributed by atoms with E-state index >= 15 is 0 Å². The van der Waals surface area contributed by atoms with Crippen LogP contribution in [0.15, 0.2) is 84.9 Å². The third kappa shape index (κ3) is 7.52. The number of methoxy groups -OCH3 is 1. The molecule has 0 N–H and O–H groups in total. The fourth-order valence-corrected chi connectivity index (χ4v) is 4.93. The monoisotopic (exact) mass is 568 g/mol. The van der Waals surface area contributed by atoms with Crippen molar-refractivity contribution >= 4 is 20.2 Å². The van der Waals surface area contributed by atoms with Crippen molar-refractivity contribution in [3.63, 3.8) is 0 Å². The molecule has 0 aromatic heterocycles. The largest absolute Gasteiger partial charge is 0.496 e. The average molecular weight is 569 g/mol. The third-order valence-electron chi connectivity index (χ3n) is 5.69. The first-order chi connectivity index (χ1) is 18.4. The fraction of sp³-hybridized carbons (Fsp3) is 0.172. The lowest BCUT2D eigenvalue weighted by molar-refractivity contribution is 0.296. The molecule has 0 amide bonds. The van der Waals surface area contributed by atoms with E-state index in [1.165, 1.54) is 0 Å². The molecule has 0 aliphatic heterocycles. The second-order valence-electron chi connectivity index (χ2n) is 8.90. The Morgan fingerprint density at radius 2 is 1.28 bits per heavy atom. The molecule has 204 valence electrons. The molecule has 0 saturated carbocycles. The predicted octanol–water partition coefficient (Wildman–Crippen LogP) is 5.59. The van der Waals surface area contributed by atoms with Gasteiger partial charge in [-0.15, -0.1) is 0 Å². The summed E-state index contributed by atoms with van der Waals surface area (Å²) in [6.07, 6.45) is 1.97. The first-order valence-corrected chi connectivity index (χ1v) is 15.4. The fourth-order valence-electron chi connectivity index (χ4n) is 4.02. The molecule has 8 nitrogen and oxygen atoms in total. The molecule has 39 heavy (non-hydrogen) atoms. The quantitative estimate of drug-likeness (QED) is 0.228. The number of rotatable bonds is 10. The Bertz CT molecular complexity index is 1680. The van der Waals surface area contributed by atoms with E-state index in [0.717, 1.165) is 40.3 Å². The average Bonchev–Trinajstić information content (AvgIpc) is 2.87. The van der Waals surface area contributed by atoms with Gasteiger partial charge in [-0.3, -0.25) is 0 Å². The van der Waals surface area contributed by atoms with E-state index < -0.39 is 20.2 Å². The number of hydrogen-bond acceptors (Lipinski definition) is 8. The summed E-state index contributed by atoms with van der Waals surface area (Å²) in [6, 6.07) is 25.1. The van der Waals surface area contributed by atoms with Gasteiger partial charge in [-0.1, -0.05) is 48.5 Å². The molecule has 4 aromatic rings. The zero-order valence-electron chi connectivity index (χ0n) is 21.9. The maximum Gasteiger partial charge on any atom is 0.306 e. The van der Waals surface area contributed by atoms with Crippen LogP contribution >= 0.6 is 0 Å². The van der Waals surface area contributed by atoms with Gasteiger partial charge in [-0.05, 0) is 71.1 Å². The molecule has 0 unspecified atom stereocenters. The summed E-state index contributed by atoms with van der Waals surface area (Å²) in [5.74, 6) is 1.16. The molecule has 0 spiro atoms. The van der Waals surface area contributed by atoms with Crippen molar-refractivity contribution < 1.29 is 34.7 Å². The standard InChI is InChI=1S/C29H28O8S2/c1-20-16-26(22-10-13-24(14-11-22)36-38(3,30)31)28(34-2)18-25(20)23-12-15-27(29(17-23)37-39(4,32)33)35-19-21-8-6-5-7-9-21/h5-18H,19H2,1-4H3. The van der Waals surface area contributed by atoms with Crippen LogP contribution in [0.4, 0.5) is 0 Å². The number of ether oxygens (including phenoxy) is 2. The van der Waals surface area contributed by atoms with Crippen molar-refractivity contribution in [2.45, 2.75) is 13.5 Å². The lowest BCUT2D eigenvalue weighted by Gasteiger charge is -2.17. The first-order valence-electron chi connectivity index (χ1n) is 11.8. The minimum absolute atomic E-state index is 0.0786. The third-order valence-corrected chi connectivity index (χ3v) is 6.67. The Balaban J connectivity index is 1.69. The summed E-state index contributed by atoms with van der Waals surface area (Å²) in [5, 5.41) is 0. The molecule has 0 aliphatic rings. The molecule has 0 atom stereocenters. The van der Waals surface area contributed by atoms with Gasteiger partial charge in [0.15, 0.2) is 11.5 Å². The highest BCUT2D eigenvalue weighted by Crippen LogP contribution is 2.40. The normalized spacial score (nSPS) is 11.6. The highest BCUT2D eigenvalue weighted by atomic mass is 32.2. The second kappa shape index (κ2) is 11.4.